The minimum absolute atomic E-state index is 0.00846. The standard InChI is InChI=1S/C19H23NO5/c1-11-15-12(21)8-18(2,3)9-13(15)25-16(11)17(22)20-10-19(4,23)14-6-5-7-24-14/h5-7,23H,8-10H2,1-4H3,(H,20,22). The van der Waals surface area contributed by atoms with Crippen molar-refractivity contribution in [2.75, 3.05) is 6.54 Å². The van der Waals surface area contributed by atoms with E-state index in [0.29, 0.717) is 35.5 Å². The molecule has 6 heteroatoms. The Kier molecular flexibility index (Phi) is 4.11. The molecule has 0 saturated heterocycles. The molecule has 6 nitrogen and oxygen atoms in total. The Balaban J connectivity index is 1.79. The van der Waals surface area contributed by atoms with Crippen molar-refractivity contribution in [1.29, 1.82) is 0 Å². The molecular formula is C19H23NO5. The van der Waals surface area contributed by atoms with E-state index in [1.54, 1.807) is 26.0 Å². The number of fused-ring (bicyclic) bond motifs is 1. The fraction of sp³-hybridized carbons (Fsp3) is 0.474. The van der Waals surface area contributed by atoms with Crippen molar-refractivity contribution in [2.24, 2.45) is 5.41 Å². The molecule has 25 heavy (non-hydrogen) atoms. The van der Waals surface area contributed by atoms with E-state index in [1.165, 1.54) is 6.26 Å². The molecule has 1 aliphatic rings. The van der Waals surface area contributed by atoms with E-state index in [2.05, 4.69) is 5.32 Å². The SMILES string of the molecule is Cc1c(C(=O)NCC(C)(O)c2ccco2)oc2c1C(=O)CC(C)(C)C2. The van der Waals surface area contributed by atoms with Crippen LogP contribution in [0, 0.1) is 12.3 Å². The van der Waals surface area contributed by atoms with Crippen LogP contribution in [0.4, 0.5) is 0 Å². The first-order valence-electron chi connectivity index (χ1n) is 8.31. The van der Waals surface area contributed by atoms with Crippen LogP contribution in [0.15, 0.2) is 27.2 Å². The summed E-state index contributed by atoms with van der Waals surface area (Å²) in [4.78, 5) is 24.9. The molecule has 0 spiro atoms. The zero-order valence-corrected chi connectivity index (χ0v) is 14.9. The summed E-state index contributed by atoms with van der Waals surface area (Å²) in [5.74, 6) is 0.617. The minimum Gasteiger partial charge on any atom is -0.466 e. The van der Waals surface area contributed by atoms with Crippen LogP contribution in [-0.2, 0) is 12.0 Å². The maximum atomic E-state index is 12.5. The van der Waals surface area contributed by atoms with Gasteiger partial charge in [0.25, 0.3) is 5.91 Å². The van der Waals surface area contributed by atoms with Gasteiger partial charge >= 0.3 is 0 Å². The fourth-order valence-electron chi connectivity index (χ4n) is 3.30. The molecule has 1 atom stereocenters. The summed E-state index contributed by atoms with van der Waals surface area (Å²) in [5, 5.41) is 13.1. The zero-order chi connectivity index (χ0) is 18.4. The van der Waals surface area contributed by atoms with Crippen LogP contribution in [0.5, 0.6) is 0 Å². The highest BCUT2D eigenvalue weighted by molar-refractivity contribution is 6.03. The van der Waals surface area contributed by atoms with E-state index in [-0.39, 0.29) is 23.5 Å². The van der Waals surface area contributed by atoms with Crippen molar-refractivity contribution < 1.29 is 23.5 Å². The predicted octanol–water partition coefficient (Wildman–Crippen LogP) is 2.97. The van der Waals surface area contributed by atoms with Crippen molar-refractivity contribution in [3.8, 4) is 0 Å². The highest BCUT2D eigenvalue weighted by Gasteiger charge is 2.37. The summed E-state index contributed by atoms with van der Waals surface area (Å²) < 4.78 is 10.9. The Bertz CT molecular complexity index is 811. The lowest BCUT2D eigenvalue weighted by molar-refractivity contribution is 0.0325. The Hall–Kier alpha value is -2.34. The summed E-state index contributed by atoms with van der Waals surface area (Å²) in [6, 6.07) is 3.31. The highest BCUT2D eigenvalue weighted by Crippen LogP contribution is 2.38. The van der Waals surface area contributed by atoms with E-state index in [1.807, 2.05) is 13.8 Å². The van der Waals surface area contributed by atoms with Crippen LogP contribution in [0.25, 0.3) is 0 Å². The molecule has 2 heterocycles. The Morgan fingerprint density at radius 2 is 2.12 bits per heavy atom. The van der Waals surface area contributed by atoms with Crippen LogP contribution in [0.1, 0.15) is 65.2 Å². The summed E-state index contributed by atoms with van der Waals surface area (Å²) >= 11 is 0. The zero-order valence-electron chi connectivity index (χ0n) is 14.9. The van der Waals surface area contributed by atoms with Gasteiger partial charge in [0.15, 0.2) is 11.5 Å². The smallest absolute Gasteiger partial charge is 0.287 e. The molecule has 0 aromatic carbocycles. The third-order valence-corrected chi connectivity index (χ3v) is 4.63. The largest absolute Gasteiger partial charge is 0.466 e. The third-order valence-electron chi connectivity index (χ3n) is 4.63. The van der Waals surface area contributed by atoms with Crippen LogP contribution < -0.4 is 5.32 Å². The highest BCUT2D eigenvalue weighted by atomic mass is 16.4. The summed E-state index contributed by atoms with van der Waals surface area (Å²) in [6.45, 7) is 7.25. The summed E-state index contributed by atoms with van der Waals surface area (Å²) in [6.07, 6.45) is 2.52. The van der Waals surface area contributed by atoms with Crippen LogP contribution in [0.3, 0.4) is 0 Å². The second-order valence-corrected chi connectivity index (χ2v) is 7.73. The van der Waals surface area contributed by atoms with Crippen LogP contribution in [0.2, 0.25) is 0 Å². The van der Waals surface area contributed by atoms with Crippen molar-refractivity contribution >= 4 is 11.7 Å². The number of furan rings is 2. The van der Waals surface area contributed by atoms with E-state index in [0.717, 1.165) is 0 Å². The van der Waals surface area contributed by atoms with Crippen LogP contribution in [-0.4, -0.2) is 23.3 Å². The molecule has 2 aromatic rings. The van der Waals surface area contributed by atoms with Gasteiger partial charge in [0.05, 0.1) is 18.4 Å². The number of amides is 1. The lowest BCUT2D eigenvalue weighted by Crippen LogP contribution is -2.38. The van der Waals surface area contributed by atoms with Gasteiger partial charge < -0.3 is 19.3 Å². The lowest BCUT2D eigenvalue weighted by Gasteiger charge is -2.27. The molecule has 0 fully saturated rings. The normalized spacial score (nSPS) is 18.5. The quantitative estimate of drug-likeness (QED) is 0.889. The Morgan fingerprint density at radius 1 is 1.40 bits per heavy atom. The summed E-state index contributed by atoms with van der Waals surface area (Å²) in [5.41, 5.74) is -0.421. The second-order valence-electron chi connectivity index (χ2n) is 7.73. The van der Waals surface area contributed by atoms with Crippen molar-refractivity contribution in [3.05, 3.63) is 46.8 Å². The molecule has 134 valence electrons. The van der Waals surface area contributed by atoms with Crippen molar-refractivity contribution in [3.63, 3.8) is 0 Å². The third kappa shape index (κ3) is 3.26. The van der Waals surface area contributed by atoms with Gasteiger partial charge in [-0.2, -0.15) is 0 Å². The van der Waals surface area contributed by atoms with E-state index in [4.69, 9.17) is 8.83 Å². The number of ketones is 1. The number of carbonyl (C=O) groups excluding carboxylic acids is 2. The van der Waals surface area contributed by atoms with Gasteiger partial charge in [-0.1, -0.05) is 13.8 Å². The summed E-state index contributed by atoms with van der Waals surface area (Å²) in [7, 11) is 0. The molecule has 3 rings (SSSR count). The van der Waals surface area contributed by atoms with Crippen molar-refractivity contribution in [2.45, 2.75) is 46.1 Å². The number of aliphatic hydroxyl groups is 1. The fourth-order valence-corrected chi connectivity index (χ4v) is 3.30. The monoisotopic (exact) mass is 345 g/mol. The minimum atomic E-state index is -1.34. The van der Waals surface area contributed by atoms with E-state index < -0.39 is 11.5 Å². The number of rotatable bonds is 4. The molecule has 1 aliphatic carbocycles. The number of hydrogen-bond acceptors (Lipinski definition) is 5. The lowest BCUT2D eigenvalue weighted by atomic mass is 9.76. The molecular weight excluding hydrogens is 322 g/mol. The van der Waals surface area contributed by atoms with Crippen LogP contribution >= 0.6 is 0 Å². The molecule has 2 aromatic heterocycles. The van der Waals surface area contributed by atoms with Gasteiger partial charge in [0, 0.05) is 18.4 Å². The van der Waals surface area contributed by atoms with Gasteiger partial charge in [0.2, 0.25) is 0 Å². The first-order valence-corrected chi connectivity index (χ1v) is 8.31. The number of Topliss-reactive ketones (excluding diaryl/α,β-unsaturated/α-hetero) is 1. The van der Waals surface area contributed by atoms with Crippen molar-refractivity contribution in [1.82, 2.24) is 5.32 Å². The number of hydrogen-bond donors (Lipinski definition) is 2. The van der Waals surface area contributed by atoms with Gasteiger partial charge in [-0.15, -0.1) is 0 Å². The molecule has 2 N–H and O–H groups in total. The Morgan fingerprint density at radius 3 is 2.76 bits per heavy atom. The number of carbonyl (C=O) groups is 2. The molecule has 0 aliphatic heterocycles. The average molecular weight is 345 g/mol. The topological polar surface area (TPSA) is 92.7 Å². The molecule has 0 radical (unpaired) electrons. The van der Waals surface area contributed by atoms with Gasteiger partial charge in [-0.25, -0.2) is 0 Å². The van der Waals surface area contributed by atoms with Gasteiger partial charge in [0.1, 0.15) is 17.1 Å². The molecule has 1 unspecified atom stereocenters. The van der Waals surface area contributed by atoms with E-state index in [9.17, 15) is 14.7 Å². The Labute approximate surface area is 146 Å². The molecule has 1 amide bonds. The molecule has 0 saturated carbocycles. The maximum Gasteiger partial charge on any atom is 0.287 e. The van der Waals surface area contributed by atoms with Gasteiger partial charge in [-0.3, -0.25) is 9.59 Å². The predicted molar refractivity (Wildman–Crippen MR) is 90.5 cm³/mol. The number of nitrogens with one attached hydrogen (secondary N) is 1. The second kappa shape index (κ2) is 5.88. The first kappa shape index (κ1) is 17.5. The maximum absolute atomic E-state index is 12.5. The first-order chi connectivity index (χ1) is 11.6. The average Bonchev–Trinajstić information content (AvgIpc) is 3.12. The molecule has 0 bridgehead atoms. The van der Waals surface area contributed by atoms with E-state index >= 15 is 0 Å². The van der Waals surface area contributed by atoms with Gasteiger partial charge in [-0.05, 0) is 31.4 Å².